The first-order valence-corrected chi connectivity index (χ1v) is 3.85. The number of hydrogen-bond acceptors (Lipinski definition) is 0. The third kappa shape index (κ3) is 3.34. The predicted octanol–water partition coefficient (Wildman–Crippen LogP) is 3.39. The zero-order valence-electron chi connectivity index (χ0n) is 7.07. The monoisotopic (exact) mass is 126 g/mol. The van der Waals surface area contributed by atoms with E-state index in [0.29, 0.717) is 0 Å². The van der Waals surface area contributed by atoms with Crippen molar-refractivity contribution in [2.24, 2.45) is 5.92 Å². The van der Waals surface area contributed by atoms with Crippen molar-refractivity contribution in [3.05, 3.63) is 11.6 Å². The van der Waals surface area contributed by atoms with E-state index in [1.165, 1.54) is 18.4 Å². The quantitative estimate of drug-likeness (QED) is 0.508. The minimum Gasteiger partial charge on any atom is -0.0885 e. The fourth-order valence-electron chi connectivity index (χ4n) is 0.945. The predicted molar refractivity (Wildman–Crippen MR) is 43.5 cm³/mol. The largest absolute Gasteiger partial charge is 0.0885 e. The van der Waals surface area contributed by atoms with Crippen molar-refractivity contribution >= 4 is 0 Å². The number of allylic oxidation sites excluding steroid dienone is 2. The Hall–Kier alpha value is -0.260. The molecule has 0 aliphatic carbocycles. The average molecular weight is 126 g/mol. The van der Waals surface area contributed by atoms with Crippen molar-refractivity contribution in [1.29, 1.82) is 0 Å². The third-order valence-electron chi connectivity index (χ3n) is 1.95. The van der Waals surface area contributed by atoms with Crippen molar-refractivity contribution < 1.29 is 0 Å². The molecule has 0 N–H and O–H groups in total. The molecule has 0 aromatic carbocycles. The Morgan fingerprint density at radius 2 is 2.11 bits per heavy atom. The van der Waals surface area contributed by atoms with Gasteiger partial charge in [-0.15, -0.1) is 0 Å². The summed E-state index contributed by atoms with van der Waals surface area (Å²) >= 11 is 0. The van der Waals surface area contributed by atoms with Gasteiger partial charge in [0.05, 0.1) is 0 Å². The van der Waals surface area contributed by atoms with Crippen LogP contribution >= 0.6 is 0 Å². The third-order valence-corrected chi connectivity index (χ3v) is 1.95. The summed E-state index contributed by atoms with van der Waals surface area (Å²) in [5, 5.41) is 0. The Morgan fingerprint density at radius 3 is 2.44 bits per heavy atom. The molecule has 0 heteroatoms. The lowest BCUT2D eigenvalue weighted by Crippen LogP contribution is -1.94. The summed E-state index contributed by atoms with van der Waals surface area (Å²) in [6.45, 7) is 8.85. The Labute approximate surface area is 59.0 Å². The molecule has 1 unspecified atom stereocenters. The van der Waals surface area contributed by atoms with Crippen molar-refractivity contribution in [3.63, 3.8) is 0 Å². The summed E-state index contributed by atoms with van der Waals surface area (Å²) in [6, 6.07) is 0. The molecule has 0 aromatic heterocycles. The summed E-state index contributed by atoms with van der Waals surface area (Å²) in [5.74, 6) is 0.792. The van der Waals surface area contributed by atoms with Crippen LogP contribution in [0, 0.1) is 5.92 Å². The molecule has 0 aliphatic heterocycles. The first kappa shape index (κ1) is 8.74. The van der Waals surface area contributed by atoms with Crippen LogP contribution < -0.4 is 0 Å². The van der Waals surface area contributed by atoms with Gasteiger partial charge in [-0.1, -0.05) is 31.9 Å². The molecule has 0 rings (SSSR count). The van der Waals surface area contributed by atoms with Gasteiger partial charge in [-0.05, 0) is 26.2 Å². The first-order valence-electron chi connectivity index (χ1n) is 3.85. The minimum atomic E-state index is 0.792. The Bertz CT molecular complexity index is 90.2. The summed E-state index contributed by atoms with van der Waals surface area (Å²) < 4.78 is 0. The van der Waals surface area contributed by atoms with Crippen LogP contribution in [0.1, 0.15) is 40.5 Å². The van der Waals surface area contributed by atoms with Crippen LogP contribution in [0.4, 0.5) is 0 Å². The molecule has 0 bridgehead atoms. The van der Waals surface area contributed by atoms with E-state index in [-0.39, 0.29) is 0 Å². The molecule has 54 valence electrons. The van der Waals surface area contributed by atoms with Crippen LogP contribution in [-0.2, 0) is 0 Å². The lowest BCUT2D eigenvalue weighted by molar-refractivity contribution is 0.601. The zero-order chi connectivity index (χ0) is 7.28. The molecule has 0 aliphatic rings. The van der Waals surface area contributed by atoms with Gasteiger partial charge in [0.15, 0.2) is 0 Å². The van der Waals surface area contributed by atoms with Gasteiger partial charge in [0.1, 0.15) is 0 Å². The average Bonchev–Trinajstić information content (AvgIpc) is 1.87. The van der Waals surface area contributed by atoms with E-state index in [4.69, 9.17) is 0 Å². The second-order valence-corrected chi connectivity index (χ2v) is 2.72. The Kier molecular flexibility index (Phi) is 4.47. The van der Waals surface area contributed by atoms with Gasteiger partial charge in [0.25, 0.3) is 0 Å². The highest BCUT2D eigenvalue weighted by Crippen LogP contribution is 2.14. The lowest BCUT2D eigenvalue weighted by Gasteiger charge is -2.08. The molecule has 0 aromatic rings. The van der Waals surface area contributed by atoms with E-state index in [9.17, 15) is 0 Å². The van der Waals surface area contributed by atoms with Gasteiger partial charge in [-0.2, -0.15) is 0 Å². The minimum absolute atomic E-state index is 0.792. The van der Waals surface area contributed by atoms with Gasteiger partial charge in [0, 0.05) is 0 Å². The van der Waals surface area contributed by atoms with Crippen molar-refractivity contribution in [2.75, 3.05) is 0 Å². The smallest absolute Gasteiger partial charge is 0.0235 e. The van der Waals surface area contributed by atoms with Crippen LogP contribution in [0.25, 0.3) is 0 Å². The first-order chi connectivity index (χ1) is 4.22. The molecule has 9 heavy (non-hydrogen) atoms. The molecule has 0 saturated carbocycles. The lowest BCUT2D eigenvalue weighted by atomic mass is 9.98. The molecular weight excluding hydrogens is 108 g/mol. The molecular formula is C9H18. The summed E-state index contributed by atoms with van der Waals surface area (Å²) in [6.07, 6.45) is 4.84. The van der Waals surface area contributed by atoms with Crippen LogP contribution in [0.15, 0.2) is 11.6 Å². The second kappa shape index (κ2) is 4.60. The maximum Gasteiger partial charge on any atom is -0.0235 e. The van der Waals surface area contributed by atoms with Crippen LogP contribution in [0.2, 0.25) is 0 Å². The highest BCUT2D eigenvalue weighted by molar-refractivity contribution is 4.99. The zero-order valence-corrected chi connectivity index (χ0v) is 7.07. The number of rotatable bonds is 3. The summed E-state index contributed by atoms with van der Waals surface area (Å²) in [4.78, 5) is 0. The Balaban J connectivity index is 3.59. The van der Waals surface area contributed by atoms with Gasteiger partial charge in [0.2, 0.25) is 0 Å². The van der Waals surface area contributed by atoms with Gasteiger partial charge >= 0.3 is 0 Å². The summed E-state index contributed by atoms with van der Waals surface area (Å²) in [5.41, 5.74) is 1.52. The standard InChI is InChI=1S/C9H18/c1-5-7-9(4)8(3)6-2/h6,9H,5,7H2,1-4H3. The molecule has 0 heterocycles. The fourth-order valence-corrected chi connectivity index (χ4v) is 0.945. The van der Waals surface area contributed by atoms with Gasteiger partial charge in [-0.25, -0.2) is 0 Å². The SMILES string of the molecule is CC=C(C)C(C)CCC. The van der Waals surface area contributed by atoms with E-state index in [1.807, 2.05) is 0 Å². The van der Waals surface area contributed by atoms with Crippen molar-refractivity contribution in [3.8, 4) is 0 Å². The van der Waals surface area contributed by atoms with Gasteiger partial charge in [-0.3, -0.25) is 0 Å². The van der Waals surface area contributed by atoms with Crippen molar-refractivity contribution in [2.45, 2.75) is 40.5 Å². The Morgan fingerprint density at radius 1 is 1.56 bits per heavy atom. The fraction of sp³-hybridized carbons (Fsp3) is 0.778. The van der Waals surface area contributed by atoms with Crippen LogP contribution in [0.5, 0.6) is 0 Å². The van der Waals surface area contributed by atoms with Crippen LogP contribution in [0.3, 0.4) is 0 Å². The maximum absolute atomic E-state index is 2.29. The molecule has 0 saturated heterocycles. The summed E-state index contributed by atoms with van der Waals surface area (Å²) in [7, 11) is 0. The molecule has 0 spiro atoms. The molecule has 0 amide bonds. The highest BCUT2D eigenvalue weighted by Gasteiger charge is 1.99. The van der Waals surface area contributed by atoms with Gasteiger partial charge < -0.3 is 0 Å². The normalized spacial score (nSPS) is 15.8. The maximum atomic E-state index is 2.29. The molecule has 0 fully saturated rings. The van der Waals surface area contributed by atoms with E-state index in [2.05, 4.69) is 33.8 Å². The van der Waals surface area contributed by atoms with E-state index < -0.39 is 0 Å². The molecule has 0 radical (unpaired) electrons. The molecule has 1 atom stereocenters. The molecule has 0 nitrogen and oxygen atoms in total. The van der Waals surface area contributed by atoms with E-state index >= 15 is 0 Å². The topological polar surface area (TPSA) is 0 Å². The van der Waals surface area contributed by atoms with E-state index in [1.54, 1.807) is 0 Å². The highest BCUT2D eigenvalue weighted by atomic mass is 14.0. The number of hydrogen-bond donors (Lipinski definition) is 0. The second-order valence-electron chi connectivity index (χ2n) is 2.72. The van der Waals surface area contributed by atoms with Crippen molar-refractivity contribution in [1.82, 2.24) is 0 Å². The van der Waals surface area contributed by atoms with E-state index in [0.717, 1.165) is 5.92 Å². The van der Waals surface area contributed by atoms with Crippen LogP contribution in [-0.4, -0.2) is 0 Å².